The molecule has 0 aliphatic carbocycles. The summed E-state index contributed by atoms with van der Waals surface area (Å²) < 4.78 is 10.2. The molecule has 0 bridgehead atoms. The van der Waals surface area contributed by atoms with Gasteiger partial charge in [0.2, 0.25) is 0 Å². The van der Waals surface area contributed by atoms with Gasteiger partial charge < -0.3 is 14.8 Å². The number of nitro groups is 1. The number of benzene rings is 1. The summed E-state index contributed by atoms with van der Waals surface area (Å²) in [5, 5.41) is 14.4. The minimum Gasteiger partial charge on any atom is -0.382 e. The van der Waals surface area contributed by atoms with Crippen LogP contribution in [0.15, 0.2) is 18.2 Å². The molecular formula is C13H19ClN2O4. The van der Waals surface area contributed by atoms with E-state index in [4.69, 9.17) is 21.1 Å². The first kappa shape index (κ1) is 16.8. The third-order valence-corrected chi connectivity index (χ3v) is 3.00. The Kier molecular flexibility index (Phi) is 8.13. The molecule has 1 rings (SSSR count). The molecule has 20 heavy (non-hydrogen) atoms. The lowest BCUT2D eigenvalue weighted by atomic mass is 10.2. The van der Waals surface area contributed by atoms with Gasteiger partial charge in [0.25, 0.3) is 5.69 Å². The van der Waals surface area contributed by atoms with Gasteiger partial charge in [0, 0.05) is 37.4 Å². The van der Waals surface area contributed by atoms with Crippen molar-refractivity contribution >= 4 is 17.3 Å². The lowest BCUT2D eigenvalue weighted by Gasteiger charge is -2.07. The average Bonchev–Trinajstić information content (AvgIpc) is 2.43. The number of ether oxygens (including phenoxy) is 2. The van der Waals surface area contributed by atoms with Crippen molar-refractivity contribution in [2.24, 2.45) is 0 Å². The van der Waals surface area contributed by atoms with Crippen LogP contribution >= 0.6 is 11.6 Å². The largest absolute Gasteiger partial charge is 0.382 e. The van der Waals surface area contributed by atoms with E-state index < -0.39 is 4.92 Å². The number of hydrogen-bond donors (Lipinski definition) is 1. The van der Waals surface area contributed by atoms with Gasteiger partial charge in [0.1, 0.15) is 0 Å². The minimum absolute atomic E-state index is 0.0501. The molecule has 0 aliphatic rings. The molecule has 6 nitrogen and oxygen atoms in total. The summed E-state index contributed by atoms with van der Waals surface area (Å²) in [6, 6.07) is 4.43. The minimum atomic E-state index is -0.427. The molecule has 0 aliphatic heterocycles. The number of methoxy groups -OCH3 is 1. The van der Waals surface area contributed by atoms with Gasteiger partial charge in [0.15, 0.2) is 0 Å². The Bertz CT molecular complexity index is 429. The number of halogens is 1. The summed E-state index contributed by atoms with van der Waals surface area (Å²) >= 11 is 6.00. The van der Waals surface area contributed by atoms with E-state index in [9.17, 15) is 10.1 Å². The molecule has 0 saturated heterocycles. The number of hydrogen-bond acceptors (Lipinski definition) is 5. The average molecular weight is 303 g/mol. The molecule has 0 unspecified atom stereocenters. The van der Waals surface area contributed by atoms with Gasteiger partial charge in [-0.05, 0) is 24.6 Å². The Morgan fingerprint density at radius 3 is 2.85 bits per heavy atom. The van der Waals surface area contributed by atoms with Crippen molar-refractivity contribution in [2.75, 3.05) is 33.5 Å². The van der Waals surface area contributed by atoms with Gasteiger partial charge in [-0.15, -0.1) is 0 Å². The number of nitrogens with one attached hydrogen (secondary N) is 1. The maximum absolute atomic E-state index is 10.7. The summed E-state index contributed by atoms with van der Waals surface area (Å²) in [6.45, 7) is 3.09. The molecule has 0 aromatic heterocycles. The zero-order chi connectivity index (χ0) is 14.8. The van der Waals surface area contributed by atoms with Crippen LogP contribution < -0.4 is 5.32 Å². The Labute approximate surface area is 123 Å². The topological polar surface area (TPSA) is 73.6 Å². The van der Waals surface area contributed by atoms with E-state index >= 15 is 0 Å². The number of nitro benzene ring substituents is 1. The Hall–Kier alpha value is -1.21. The van der Waals surface area contributed by atoms with E-state index in [1.54, 1.807) is 13.2 Å². The molecule has 1 aromatic rings. The van der Waals surface area contributed by atoms with Crippen molar-refractivity contribution in [3.8, 4) is 0 Å². The standard InChI is InChI=1S/C13H19ClN2O4/c1-19-7-8-20-6-2-5-15-10-11-9-12(16(17)18)3-4-13(11)14/h3-4,9,15H,2,5-8,10H2,1H3. The van der Waals surface area contributed by atoms with E-state index in [0.717, 1.165) is 18.5 Å². The molecule has 112 valence electrons. The summed E-state index contributed by atoms with van der Waals surface area (Å²) in [5.41, 5.74) is 0.773. The molecule has 0 radical (unpaired) electrons. The number of nitrogens with zero attached hydrogens (tertiary/aromatic N) is 1. The zero-order valence-corrected chi connectivity index (χ0v) is 12.2. The van der Waals surface area contributed by atoms with Gasteiger partial charge in [-0.2, -0.15) is 0 Å². The molecule has 0 atom stereocenters. The van der Waals surface area contributed by atoms with Crippen LogP contribution in [0, 0.1) is 10.1 Å². The number of non-ortho nitro benzene ring substituents is 1. The third kappa shape index (κ3) is 6.29. The highest BCUT2D eigenvalue weighted by Crippen LogP contribution is 2.21. The van der Waals surface area contributed by atoms with Gasteiger partial charge in [0.05, 0.1) is 18.1 Å². The predicted octanol–water partition coefficient (Wildman–Crippen LogP) is 2.39. The summed E-state index contributed by atoms with van der Waals surface area (Å²) in [6.07, 6.45) is 0.857. The van der Waals surface area contributed by atoms with Crippen molar-refractivity contribution in [2.45, 2.75) is 13.0 Å². The quantitative estimate of drug-likeness (QED) is 0.408. The first-order chi connectivity index (χ1) is 9.65. The van der Waals surface area contributed by atoms with Crippen LogP contribution in [-0.4, -0.2) is 38.4 Å². The second kappa shape index (κ2) is 9.66. The molecule has 1 aromatic carbocycles. The van der Waals surface area contributed by atoms with Crippen LogP contribution in [0.4, 0.5) is 5.69 Å². The van der Waals surface area contributed by atoms with Gasteiger partial charge in [-0.25, -0.2) is 0 Å². The Morgan fingerprint density at radius 1 is 1.35 bits per heavy atom. The molecule has 1 N–H and O–H groups in total. The summed E-state index contributed by atoms with van der Waals surface area (Å²) in [7, 11) is 1.63. The van der Waals surface area contributed by atoms with E-state index in [2.05, 4.69) is 5.32 Å². The second-order valence-corrected chi connectivity index (χ2v) is 4.58. The third-order valence-electron chi connectivity index (χ3n) is 2.63. The smallest absolute Gasteiger partial charge is 0.269 e. The molecule has 0 saturated carbocycles. The number of rotatable bonds is 10. The van der Waals surface area contributed by atoms with Gasteiger partial charge in [-0.3, -0.25) is 10.1 Å². The maximum atomic E-state index is 10.7. The van der Waals surface area contributed by atoms with Crippen LogP contribution in [-0.2, 0) is 16.0 Å². The predicted molar refractivity (Wildman–Crippen MR) is 77.1 cm³/mol. The molecule has 0 amide bonds. The Balaban J connectivity index is 2.24. The lowest BCUT2D eigenvalue weighted by Crippen LogP contribution is -2.17. The van der Waals surface area contributed by atoms with Crippen molar-refractivity contribution in [3.05, 3.63) is 38.9 Å². The molecule has 0 fully saturated rings. The van der Waals surface area contributed by atoms with Crippen LogP contribution in [0.25, 0.3) is 0 Å². The fourth-order valence-electron chi connectivity index (χ4n) is 1.58. The van der Waals surface area contributed by atoms with Gasteiger partial charge >= 0.3 is 0 Å². The molecule has 0 spiro atoms. The summed E-state index contributed by atoms with van der Waals surface area (Å²) in [4.78, 5) is 10.3. The van der Waals surface area contributed by atoms with Crippen molar-refractivity contribution in [1.82, 2.24) is 5.32 Å². The highest BCUT2D eigenvalue weighted by atomic mass is 35.5. The van der Waals surface area contributed by atoms with Crippen molar-refractivity contribution in [1.29, 1.82) is 0 Å². The fraction of sp³-hybridized carbons (Fsp3) is 0.538. The highest BCUT2D eigenvalue weighted by Gasteiger charge is 2.09. The van der Waals surface area contributed by atoms with Gasteiger partial charge in [-0.1, -0.05) is 11.6 Å². The van der Waals surface area contributed by atoms with E-state index in [1.807, 2.05) is 0 Å². The normalized spacial score (nSPS) is 10.7. The van der Waals surface area contributed by atoms with E-state index in [1.165, 1.54) is 12.1 Å². The van der Waals surface area contributed by atoms with Crippen LogP contribution in [0.5, 0.6) is 0 Å². The van der Waals surface area contributed by atoms with E-state index in [-0.39, 0.29) is 5.69 Å². The zero-order valence-electron chi connectivity index (χ0n) is 11.4. The first-order valence-corrected chi connectivity index (χ1v) is 6.73. The SMILES string of the molecule is COCCOCCCNCc1cc([N+](=O)[O-])ccc1Cl. The van der Waals surface area contributed by atoms with Crippen LogP contribution in [0.3, 0.4) is 0 Å². The maximum Gasteiger partial charge on any atom is 0.269 e. The molecule has 0 heterocycles. The monoisotopic (exact) mass is 302 g/mol. The van der Waals surface area contributed by atoms with Crippen LogP contribution in [0.1, 0.15) is 12.0 Å². The highest BCUT2D eigenvalue weighted by molar-refractivity contribution is 6.31. The van der Waals surface area contributed by atoms with Crippen molar-refractivity contribution in [3.63, 3.8) is 0 Å². The fourth-order valence-corrected chi connectivity index (χ4v) is 1.76. The van der Waals surface area contributed by atoms with Crippen LogP contribution in [0.2, 0.25) is 5.02 Å². The van der Waals surface area contributed by atoms with E-state index in [0.29, 0.717) is 31.4 Å². The second-order valence-electron chi connectivity index (χ2n) is 4.17. The molecular weight excluding hydrogens is 284 g/mol. The first-order valence-electron chi connectivity index (χ1n) is 6.35. The summed E-state index contributed by atoms with van der Waals surface area (Å²) in [5.74, 6) is 0. The lowest BCUT2D eigenvalue weighted by molar-refractivity contribution is -0.384. The molecule has 7 heteroatoms. The Morgan fingerprint density at radius 2 is 2.15 bits per heavy atom. The van der Waals surface area contributed by atoms with Crippen molar-refractivity contribution < 1.29 is 14.4 Å².